The van der Waals surface area contributed by atoms with Gasteiger partial charge >= 0.3 is 5.97 Å². The molecule has 0 aromatic carbocycles. The van der Waals surface area contributed by atoms with E-state index in [1.165, 1.54) is 89.9 Å². The van der Waals surface area contributed by atoms with Gasteiger partial charge in [-0.15, -0.1) is 0 Å². The van der Waals surface area contributed by atoms with Crippen LogP contribution in [0.2, 0.25) is 0 Å². The van der Waals surface area contributed by atoms with E-state index in [0.717, 1.165) is 18.4 Å². The third kappa shape index (κ3) is 16.4. The maximum atomic E-state index is 11.7. The fourth-order valence-corrected chi connectivity index (χ4v) is 3.21. The van der Waals surface area contributed by atoms with Crippen molar-refractivity contribution in [1.82, 2.24) is 0 Å². The third-order valence-electron chi connectivity index (χ3n) is 4.87. The molecule has 25 heavy (non-hydrogen) atoms. The molecule has 0 heterocycles. The Hall–Kier alpha value is -0.790. The van der Waals surface area contributed by atoms with E-state index >= 15 is 0 Å². The van der Waals surface area contributed by atoms with Gasteiger partial charge < -0.3 is 4.74 Å². The van der Waals surface area contributed by atoms with E-state index in [2.05, 4.69) is 13.0 Å². The second kappa shape index (κ2) is 19.5. The summed E-state index contributed by atoms with van der Waals surface area (Å²) in [6, 6.07) is 0. The van der Waals surface area contributed by atoms with Crippen molar-refractivity contribution in [3.05, 3.63) is 11.6 Å². The Morgan fingerprint density at radius 1 is 0.680 bits per heavy atom. The number of carbonyl (C=O) groups excluding carboxylic acids is 1. The van der Waals surface area contributed by atoms with Crippen molar-refractivity contribution in [1.29, 1.82) is 0 Å². The summed E-state index contributed by atoms with van der Waals surface area (Å²) in [7, 11) is 0. The minimum absolute atomic E-state index is 0.129. The Bertz CT molecular complexity index is 320. The van der Waals surface area contributed by atoms with Crippen LogP contribution in [0.1, 0.15) is 124 Å². The third-order valence-corrected chi connectivity index (χ3v) is 4.87. The van der Waals surface area contributed by atoms with Gasteiger partial charge in [-0.3, -0.25) is 0 Å². The molecule has 0 N–H and O–H groups in total. The molecule has 2 nitrogen and oxygen atoms in total. The molecule has 2 heteroatoms. The largest absolute Gasteiger partial charge is 0.463 e. The summed E-state index contributed by atoms with van der Waals surface area (Å²) in [6.45, 7) is 6.63. The van der Waals surface area contributed by atoms with Crippen molar-refractivity contribution in [2.45, 2.75) is 124 Å². The number of ether oxygens (including phenoxy) is 1. The molecule has 0 amide bonds. The first-order valence-corrected chi connectivity index (χ1v) is 11.1. The first-order chi connectivity index (χ1) is 12.3. The van der Waals surface area contributed by atoms with Crippen molar-refractivity contribution < 1.29 is 9.53 Å². The lowest BCUT2D eigenvalue weighted by Crippen LogP contribution is -2.06. The molecule has 0 aliphatic heterocycles. The molecular weight excluding hydrogens is 308 g/mol. The van der Waals surface area contributed by atoms with Crippen LogP contribution < -0.4 is 0 Å². The lowest BCUT2D eigenvalue weighted by molar-refractivity contribution is -0.138. The van der Waals surface area contributed by atoms with Gasteiger partial charge in [0, 0.05) is 5.57 Å². The van der Waals surface area contributed by atoms with Crippen LogP contribution in [0.15, 0.2) is 11.6 Å². The van der Waals surface area contributed by atoms with E-state index in [0.29, 0.717) is 6.61 Å². The molecule has 0 aliphatic carbocycles. The van der Waals surface area contributed by atoms with Gasteiger partial charge in [-0.1, -0.05) is 103 Å². The van der Waals surface area contributed by atoms with Crippen LogP contribution in [0.5, 0.6) is 0 Å². The molecule has 0 fully saturated rings. The Morgan fingerprint density at radius 3 is 1.52 bits per heavy atom. The molecule has 148 valence electrons. The maximum Gasteiger partial charge on any atom is 0.333 e. The zero-order valence-corrected chi connectivity index (χ0v) is 17.4. The monoisotopic (exact) mass is 352 g/mol. The molecule has 0 saturated heterocycles. The SMILES string of the molecule is CCCCCCCCCCCCCCCCC=C(CC)C(=O)OCC. The van der Waals surface area contributed by atoms with E-state index in [-0.39, 0.29) is 5.97 Å². The molecule has 0 radical (unpaired) electrons. The van der Waals surface area contributed by atoms with Gasteiger partial charge in [0.25, 0.3) is 0 Å². The van der Waals surface area contributed by atoms with Crippen LogP contribution in [0.3, 0.4) is 0 Å². The predicted octanol–water partition coefficient (Wildman–Crippen LogP) is 7.76. The molecule has 0 atom stereocenters. The van der Waals surface area contributed by atoms with Crippen LogP contribution in [0.4, 0.5) is 0 Å². The topological polar surface area (TPSA) is 26.3 Å². The quantitative estimate of drug-likeness (QED) is 0.143. The molecule has 0 bridgehead atoms. The molecule has 0 aromatic rings. The molecule has 0 aliphatic rings. The summed E-state index contributed by atoms with van der Waals surface area (Å²) in [5.74, 6) is -0.129. The van der Waals surface area contributed by atoms with Gasteiger partial charge in [0.1, 0.15) is 0 Å². The molecule has 0 rings (SSSR count). The van der Waals surface area contributed by atoms with Gasteiger partial charge in [0.05, 0.1) is 6.61 Å². The van der Waals surface area contributed by atoms with E-state index < -0.39 is 0 Å². The predicted molar refractivity (Wildman–Crippen MR) is 110 cm³/mol. The normalized spacial score (nSPS) is 11.7. The fourth-order valence-electron chi connectivity index (χ4n) is 3.21. The Kier molecular flexibility index (Phi) is 18.9. The van der Waals surface area contributed by atoms with Crippen LogP contribution >= 0.6 is 0 Å². The second-order valence-electron chi connectivity index (χ2n) is 7.19. The summed E-state index contributed by atoms with van der Waals surface area (Å²) < 4.78 is 5.06. The number of hydrogen-bond donors (Lipinski definition) is 0. The number of hydrogen-bond acceptors (Lipinski definition) is 2. The highest BCUT2D eigenvalue weighted by molar-refractivity contribution is 5.88. The molecule has 0 saturated carbocycles. The number of carbonyl (C=O) groups is 1. The highest BCUT2D eigenvalue weighted by Crippen LogP contribution is 2.14. The lowest BCUT2D eigenvalue weighted by atomic mass is 10.0. The average molecular weight is 353 g/mol. The summed E-state index contributed by atoms with van der Waals surface area (Å²) in [5, 5.41) is 0. The molecule has 0 spiro atoms. The highest BCUT2D eigenvalue weighted by atomic mass is 16.5. The van der Waals surface area contributed by atoms with Crippen molar-refractivity contribution in [2.75, 3.05) is 6.61 Å². The maximum absolute atomic E-state index is 11.7. The Morgan fingerprint density at radius 2 is 1.12 bits per heavy atom. The lowest BCUT2D eigenvalue weighted by Gasteiger charge is -2.05. The standard InChI is InChI=1S/C23H44O2/c1-4-7-8-9-10-11-12-13-14-15-16-17-18-19-20-21-22(5-2)23(24)25-6-3/h21H,4-20H2,1-3H3. The summed E-state index contributed by atoms with van der Waals surface area (Å²) in [5.41, 5.74) is 0.844. The van der Waals surface area contributed by atoms with E-state index in [1.54, 1.807) is 0 Å². The van der Waals surface area contributed by atoms with Crippen LogP contribution in [0, 0.1) is 0 Å². The van der Waals surface area contributed by atoms with Crippen molar-refractivity contribution in [2.24, 2.45) is 0 Å². The van der Waals surface area contributed by atoms with Gasteiger partial charge in [0.2, 0.25) is 0 Å². The summed E-state index contributed by atoms with van der Waals surface area (Å²) in [6.07, 6.45) is 23.3. The number of allylic oxidation sites excluding steroid dienone is 1. The fraction of sp³-hybridized carbons (Fsp3) is 0.870. The smallest absolute Gasteiger partial charge is 0.333 e. The van der Waals surface area contributed by atoms with Crippen molar-refractivity contribution >= 4 is 5.97 Å². The summed E-state index contributed by atoms with van der Waals surface area (Å²) in [4.78, 5) is 11.7. The van der Waals surface area contributed by atoms with Gasteiger partial charge in [0.15, 0.2) is 0 Å². The van der Waals surface area contributed by atoms with Gasteiger partial charge in [-0.25, -0.2) is 4.79 Å². The number of rotatable bonds is 18. The minimum atomic E-state index is -0.129. The number of unbranched alkanes of at least 4 members (excludes halogenated alkanes) is 14. The second-order valence-corrected chi connectivity index (χ2v) is 7.19. The summed E-state index contributed by atoms with van der Waals surface area (Å²) >= 11 is 0. The minimum Gasteiger partial charge on any atom is -0.463 e. The first-order valence-electron chi connectivity index (χ1n) is 11.1. The number of esters is 1. The van der Waals surface area contributed by atoms with Crippen LogP contribution in [-0.4, -0.2) is 12.6 Å². The van der Waals surface area contributed by atoms with E-state index in [4.69, 9.17) is 4.74 Å². The van der Waals surface area contributed by atoms with E-state index in [9.17, 15) is 4.79 Å². The van der Waals surface area contributed by atoms with Crippen molar-refractivity contribution in [3.63, 3.8) is 0 Å². The Labute approximate surface area is 157 Å². The van der Waals surface area contributed by atoms with E-state index in [1.807, 2.05) is 13.8 Å². The van der Waals surface area contributed by atoms with Crippen LogP contribution in [-0.2, 0) is 9.53 Å². The van der Waals surface area contributed by atoms with Crippen molar-refractivity contribution in [3.8, 4) is 0 Å². The average Bonchev–Trinajstić information content (AvgIpc) is 2.61. The van der Waals surface area contributed by atoms with Gasteiger partial charge in [-0.05, 0) is 26.2 Å². The Balaban J connectivity index is 3.34. The first kappa shape index (κ1) is 24.2. The zero-order chi connectivity index (χ0) is 18.6. The van der Waals surface area contributed by atoms with Crippen LogP contribution in [0.25, 0.3) is 0 Å². The molecular formula is C23H44O2. The van der Waals surface area contributed by atoms with Gasteiger partial charge in [-0.2, -0.15) is 0 Å². The zero-order valence-electron chi connectivity index (χ0n) is 17.4. The molecule has 0 aromatic heterocycles. The highest BCUT2D eigenvalue weighted by Gasteiger charge is 2.06. The molecule has 0 unspecified atom stereocenters.